The third-order valence-electron chi connectivity index (χ3n) is 7.13. The van der Waals surface area contributed by atoms with E-state index in [1.165, 1.54) is 49.5 Å². The summed E-state index contributed by atoms with van der Waals surface area (Å²) in [6, 6.07) is 5.79. The molecule has 2 aliphatic rings. The van der Waals surface area contributed by atoms with Crippen molar-refractivity contribution < 1.29 is 19.1 Å². The van der Waals surface area contributed by atoms with Gasteiger partial charge in [-0.3, -0.25) is 9.69 Å². The molecule has 1 fully saturated rings. The molecule has 1 amide bonds. The molecule has 2 aromatic heterocycles. The molecule has 2 N–H and O–H groups in total. The Morgan fingerprint density at radius 2 is 2.16 bits per heavy atom. The zero-order valence-electron chi connectivity index (χ0n) is 20.7. The Morgan fingerprint density at radius 1 is 1.30 bits per heavy atom. The minimum atomic E-state index is -0.682. The molecule has 3 heterocycles. The van der Waals surface area contributed by atoms with E-state index in [9.17, 15) is 9.90 Å². The second-order valence-electron chi connectivity index (χ2n) is 9.87. The van der Waals surface area contributed by atoms with Gasteiger partial charge in [-0.05, 0) is 57.9 Å². The van der Waals surface area contributed by atoms with E-state index >= 15 is 0 Å². The highest BCUT2D eigenvalue weighted by Crippen LogP contribution is 2.35. The molecule has 1 aliphatic heterocycles. The van der Waals surface area contributed by atoms with Gasteiger partial charge in [-0.1, -0.05) is 31.7 Å². The van der Waals surface area contributed by atoms with Crippen molar-refractivity contribution in [1.29, 1.82) is 0 Å². The number of oxazole rings is 1. The Kier molecular flexibility index (Phi) is 8.48. The first kappa shape index (κ1) is 25.8. The number of rotatable bonds is 10. The van der Waals surface area contributed by atoms with Crippen LogP contribution in [0.5, 0.6) is 5.75 Å². The van der Waals surface area contributed by atoms with Crippen molar-refractivity contribution in [1.82, 2.24) is 25.2 Å². The molecule has 1 atom stereocenters. The molecule has 1 aliphatic carbocycles. The molecule has 1 aromatic carbocycles. The lowest BCUT2D eigenvalue weighted by Crippen LogP contribution is -2.42. The Hall–Kier alpha value is -2.82. The minimum Gasteiger partial charge on any atom is -0.484 e. The number of β-amino-alcohol motifs (C(OH)–C–C–N with tert-alkyl or cyclic N) is 1. The summed E-state index contributed by atoms with van der Waals surface area (Å²) >= 11 is 3.70. The molecule has 37 heavy (non-hydrogen) atoms. The van der Waals surface area contributed by atoms with Crippen LogP contribution >= 0.6 is 15.9 Å². The van der Waals surface area contributed by atoms with Crippen molar-refractivity contribution in [2.24, 2.45) is 5.92 Å². The maximum absolute atomic E-state index is 12.6. The average Bonchev–Trinajstić information content (AvgIpc) is 3.62. The van der Waals surface area contributed by atoms with Gasteiger partial charge in [0.1, 0.15) is 24.4 Å². The zero-order chi connectivity index (χ0) is 25.6. The summed E-state index contributed by atoms with van der Waals surface area (Å²) in [5.74, 6) is 1.81. The SMILES string of the molecule is O=C(NC[C@H](O)CN1CCc2c(ccc(OCc3cnco3)c2Br)C1)c1cc(CC2CCCC2)ncn1. The van der Waals surface area contributed by atoms with Crippen molar-refractivity contribution in [2.75, 3.05) is 19.6 Å². The maximum atomic E-state index is 12.6. The molecule has 10 heteroatoms. The lowest BCUT2D eigenvalue weighted by molar-refractivity contribution is 0.0837. The molecular weight excluding hydrogens is 538 g/mol. The summed E-state index contributed by atoms with van der Waals surface area (Å²) in [5, 5.41) is 13.4. The van der Waals surface area contributed by atoms with Gasteiger partial charge in [-0.2, -0.15) is 0 Å². The second kappa shape index (κ2) is 12.1. The predicted molar refractivity (Wildman–Crippen MR) is 140 cm³/mol. The monoisotopic (exact) mass is 569 g/mol. The van der Waals surface area contributed by atoms with Crippen LogP contribution in [0.1, 0.15) is 58.8 Å². The van der Waals surface area contributed by atoms with Crippen LogP contribution in [-0.2, 0) is 26.0 Å². The molecule has 9 nitrogen and oxygen atoms in total. The van der Waals surface area contributed by atoms with Crippen LogP contribution in [-0.4, -0.2) is 56.6 Å². The van der Waals surface area contributed by atoms with Gasteiger partial charge in [-0.15, -0.1) is 0 Å². The quantitative estimate of drug-likeness (QED) is 0.380. The number of ether oxygens (including phenoxy) is 1. The van der Waals surface area contributed by atoms with E-state index in [1.807, 2.05) is 6.07 Å². The van der Waals surface area contributed by atoms with Gasteiger partial charge in [0.2, 0.25) is 0 Å². The van der Waals surface area contributed by atoms with Crippen molar-refractivity contribution in [3.8, 4) is 5.75 Å². The van der Waals surface area contributed by atoms with Gasteiger partial charge in [-0.25, -0.2) is 15.0 Å². The Morgan fingerprint density at radius 3 is 2.97 bits per heavy atom. The molecule has 1 saturated carbocycles. The molecule has 196 valence electrons. The lowest BCUT2D eigenvalue weighted by atomic mass is 9.99. The van der Waals surface area contributed by atoms with Gasteiger partial charge in [0.15, 0.2) is 12.2 Å². The van der Waals surface area contributed by atoms with Crippen LogP contribution in [0.25, 0.3) is 0 Å². The summed E-state index contributed by atoms with van der Waals surface area (Å²) in [6.07, 6.45) is 10.6. The Balaban J connectivity index is 1.10. The number of carbonyl (C=O) groups excluding carboxylic acids is 1. The van der Waals surface area contributed by atoms with Crippen LogP contribution in [0.4, 0.5) is 0 Å². The van der Waals surface area contributed by atoms with Crippen molar-refractivity contribution in [3.63, 3.8) is 0 Å². The lowest BCUT2D eigenvalue weighted by Gasteiger charge is -2.31. The van der Waals surface area contributed by atoms with E-state index < -0.39 is 6.10 Å². The number of nitrogens with zero attached hydrogens (tertiary/aromatic N) is 4. The molecule has 0 bridgehead atoms. The maximum Gasteiger partial charge on any atom is 0.270 e. The first-order valence-electron chi connectivity index (χ1n) is 12.8. The number of carbonyl (C=O) groups is 1. The molecule has 5 rings (SSSR count). The number of hydrogen-bond donors (Lipinski definition) is 2. The van der Waals surface area contributed by atoms with E-state index in [2.05, 4.69) is 47.2 Å². The number of hydrogen-bond acceptors (Lipinski definition) is 8. The average molecular weight is 570 g/mol. The van der Waals surface area contributed by atoms with E-state index in [1.54, 1.807) is 12.3 Å². The fraction of sp³-hybridized carbons (Fsp3) is 0.481. The predicted octanol–water partition coefficient (Wildman–Crippen LogP) is 3.69. The van der Waals surface area contributed by atoms with Crippen LogP contribution in [0.15, 0.2) is 46.0 Å². The standard InChI is InChI=1S/C27H32BrN5O4/c28-26-23-7-8-33(13-19(23)5-6-25(26)36-15-22-12-29-17-37-22)14-21(34)11-30-27(35)24-10-20(31-16-32-24)9-18-3-1-2-4-18/h5-6,10,12,16-18,21,34H,1-4,7-9,11,13-15H2,(H,30,35)/t21-/m0/s1. The Labute approximate surface area is 224 Å². The molecular formula is C27H32BrN5O4. The van der Waals surface area contributed by atoms with E-state index in [4.69, 9.17) is 9.15 Å². The summed E-state index contributed by atoms with van der Waals surface area (Å²) < 4.78 is 12.1. The fourth-order valence-corrected chi connectivity index (χ4v) is 5.88. The van der Waals surface area contributed by atoms with Gasteiger partial charge in [0.05, 0.1) is 16.8 Å². The van der Waals surface area contributed by atoms with Crippen molar-refractivity contribution >= 4 is 21.8 Å². The number of aliphatic hydroxyl groups excluding tert-OH is 1. The highest BCUT2D eigenvalue weighted by molar-refractivity contribution is 9.10. The third-order valence-corrected chi connectivity index (χ3v) is 8.00. The topological polar surface area (TPSA) is 114 Å². The van der Waals surface area contributed by atoms with Crippen molar-refractivity contribution in [3.05, 3.63) is 69.9 Å². The van der Waals surface area contributed by atoms with Gasteiger partial charge >= 0.3 is 0 Å². The smallest absolute Gasteiger partial charge is 0.270 e. The summed E-state index contributed by atoms with van der Waals surface area (Å²) in [4.78, 5) is 27.2. The number of aromatic nitrogens is 3. The van der Waals surface area contributed by atoms with E-state index in [-0.39, 0.29) is 12.5 Å². The van der Waals surface area contributed by atoms with Crippen LogP contribution in [0.3, 0.4) is 0 Å². The second-order valence-corrected chi connectivity index (χ2v) is 10.7. The molecule has 3 aromatic rings. The summed E-state index contributed by atoms with van der Waals surface area (Å²) in [6.45, 7) is 2.48. The number of nitrogens with one attached hydrogen (secondary N) is 1. The number of aliphatic hydroxyl groups is 1. The first-order valence-corrected chi connectivity index (χ1v) is 13.6. The van der Waals surface area contributed by atoms with Crippen LogP contribution < -0.4 is 10.1 Å². The minimum absolute atomic E-state index is 0.169. The van der Waals surface area contributed by atoms with Crippen molar-refractivity contribution in [2.45, 2.75) is 57.8 Å². The Bertz CT molecular complexity index is 1200. The van der Waals surface area contributed by atoms with Crippen LogP contribution in [0, 0.1) is 5.92 Å². The zero-order valence-corrected chi connectivity index (χ0v) is 22.3. The van der Waals surface area contributed by atoms with Gasteiger partial charge in [0, 0.05) is 31.9 Å². The summed E-state index contributed by atoms with van der Waals surface area (Å²) in [5.41, 5.74) is 3.67. The highest BCUT2D eigenvalue weighted by Gasteiger charge is 2.23. The van der Waals surface area contributed by atoms with E-state index in [0.29, 0.717) is 30.5 Å². The largest absolute Gasteiger partial charge is 0.484 e. The van der Waals surface area contributed by atoms with E-state index in [0.717, 1.165) is 41.8 Å². The fourth-order valence-electron chi connectivity index (χ4n) is 5.18. The van der Waals surface area contributed by atoms with Crippen LogP contribution in [0.2, 0.25) is 0 Å². The number of benzene rings is 1. The van der Waals surface area contributed by atoms with Gasteiger partial charge < -0.3 is 19.6 Å². The number of amides is 1. The van der Waals surface area contributed by atoms with Gasteiger partial charge in [0.25, 0.3) is 5.91 Å². The molecule has 0 spiro atoms. The summed E-state index contributed by atoms with van der Waals surface area (Å²) in [7, 11) is 0. The third kappa shape index (κ3) is 6.74. The highest BCUT2D eigenvalue weighted by atomic mass is 79.9. The molecule has 0 radical (unpaired) electrons. The molecule has 0 saturated heterocycles. The number of halogens is 1. The normalized spacial score (nSPS) is 16.9. The molecule has 0 unspecified atom stereocenters. The first-order chi connectivity index (χ1) is 18.0. The number of fused-ring (bicyclic) bond motifs is 1.